The molecule has 4 atom stereocenters. The van der Waals surface area contributed by atoms with E-state index in [1.54, 1.807) is 36.4 Å². The molecule has 2 heterocycles. The van der Waals surface area contributed by atoms with E-state index in [9.17, 15) is 93.9 Å². The molecule has 123 heavy (non-hydrogen) atoms. The summed E-state index contributed by atoms with van der Waals surface area (Å²) in [6.07, 6.45) is 22.8. The average molecular weight is 2400 g/mol. The number of rotatable bonds is 14. The van der Waals surface area contributed by atoms with E-state index >= 15 is 0 Å². The molecule has 0 aromatic heterocycles. The van der Waals surface area contributed by atoms with Crippen LogP contribution in [0.25, 0.3) is 0 Å². The first-order chi connectivity index (χ1) is 49.8. The van der Waals surface area contributed by atoms with E-state index in [1.165, 1.54) is 103 Å². The summed E-state index contributed by atoms with van der Waals surface area (Å²) in [5.74, 6) is -25.1. The van der Waals surface area contributed by atoms with Gasteiger partial charge < -0.3 is 97.3 Å². The molecule has 20 nitrogen and oxygen atoms in total. The number of halogens is 12. The molecular weight excluding hydrogens is 2270 g/mol. The summed E-state index contributed by atoms with van der Waals surface area (Å²) < 4.78 is 216. The van der Waals surface area contributed by atoms with Crippen LogP contribution < -0.4 is 63.8 Å². The van der Waals surface area contributed by atoms with E-state index in [2.05, 4.69) is 10.8 Å². The van der Waals surface area contributed by atoms with Gasteiger partial charge in [0.1, 0.15) is 44.2 Å². The van der Waals surface area contributed by atoms with Crippen LogP contribution in [-0.4, -0.2) is 150 Å². The molecule has 0 amide bonds. The number of carboxylic acids is 1. The van der Waals surface area contributed by atoms with Crippen molar-refractivity contribution in [2.24, 2.45) is 55.6 Å². The van der Waals surface area contributed by atoms with Crippen LogP contribution in [0.5, 0.6) is 0 Å². The van der Waals surface area contributed by atoms with Crippen LogP contribution in [0.3, 0.4) is 0 Å². The number of alkyl halides is 11. The number of benzene rings is 2. The topological polar surface area (TPSA) is 296 Å². The maximum absolute atomic E-state index is 14.2. The molecule has 8 saturated carbocycles. The number of hydrogen-bond donors (Lipinski definition) is 3. The molecule has 6 radical (unpaired) electrons. The van der Waals surface area contributed by atoms with Gasteiger partial charge >= 0.3 is 71.2 Å². The molecule has 4 unspecified atom stereocenters. The van der Waals surface area contributed by atoms with Crippen molar-refractivity contribution in [3.8, 4) is 0 Å². The van der Waals surface area contributed by atoms with Gasteiger partial charge in [0.15, 0.2) is 8.07 Å². The number of carbonyl (C=O) groups excluding carboxylic acids is 5. The predicted octanol–water partition coefficient (Wildman–Crippen LogP) is 12.5. The van der Waals surface area contributed by atoms with Gasteiger partial charge in [-0.15, -0.1) is 0 Å². The number of nitrogens with two attached hydrogens (primary N) is 2. The number of allylic oxidation sites excluding steroid dienone is 2. The number of ether oxygens (including phenoxy) is 5. The number of carbonyl (C=O) groups is 6. The number of hydrogen-bond acceptors (Lipinski definition) is 15. The molecule has 2 saturated heterocycles. The molecule has 2 aliphatic heterocycles. The second kappa shape index (κ2) is 64.4. The molecule has 8 aliphatic carbocycles. The summed E-state index contributed by atoms with van der Waals surface area (Å²) in [5.41, 5.74) is -0.775. The minimum Gasteiger partial charge on any atom is -1.00 e. The van der Waals surface area contributed by atoms with Crippen molar-refractivity contribution in [1.29, 1.82) is 0 Å². The summed E-state index contributed by atoms with van der Waals surface area (Å²) in [5, 5.41) is 18.6. The van der Waals surface area contributed by atoms with E-state index in [0.717, 1.165) is 65.5 Å². The Bertz CT molecular complexity index is 3660. The van der Waals surface area contributed by atoms with E-state index in [-0.39, 0.29) is 393 Å². The first-order valence-electron chi connectivity index (χ1n) is 36.3. The maximum atomic E-state index is 14.2. The van der Waals surface area contributed by atoms with Crippen molar-refractivity contribution in [3.63, 3.8) is 0 Å². The van der Waals surface area contributed by atoms with Crippen molar-refractivity contribution in [3.05, 3.63) is 140 Å². The zero-order valence-corrected chi connectivity index (χ0v) is 96.1. The fourth-order valence-electron chi connectivity index (χ4n) is 15.4. The van der Waals surface area contributed by atoms with Crippen molar-refractivity contribution in [1.82, 2.24) is 8.61 Å². The second-order valence-corrected chi connectivity index (χ2v) is 38.3. The smallest absolute Gasteiger partial charge is 1.00 e. The quantitative estimate of drug-likeness (QED) is 0.0231. The van der Waals surface area contributed by atoms with Crippen molar-refractivity contribution in [2.45, 2.75) is 245 Å². The number of aliphatic carboxylic acids is 1. The van der Waals surface area contributed by atoms with Gasteiger partial charge in [-0.3, -0.25) is 24.0 Å². The predicted molar refractivity (Wildman–Crippen MR) is 427 cm³/mol. The van der Waals surface area contributed by atoms with Crippen molar-refractivity contribution < 1.29 is 372 Å². The molecule has 694 valence electrons. The van der Waals surface area contributed by atoms with Crippen LogP contribution in [0.15, 0.2) is 84.0 Å². The zero-order chi connectivity index (χ0) is 79.9. The number of nitrogens with zero attached hydrogens (tertiary/aromatic N) is 2. The fourth-order valence-corrected chi connectivity index (χ4v) is 16.8. The standard InChI is InChI=1S/C16H18F2O2.C15H18F2N2O4S.C11H16F2O2.C10H16O2.C9H14O2.C8H12F2N2O4S.C4H9F3Si.2CH4.6CH3.HI.Na.6Y/c17-16(18)13(15(16)9-5-2-6-10-15)14(19)20-11-12-7-3-1-4-8-12;16-15(17)12(13(20)23-10-11-4-2-1-3-5-11)14(15)6-8-19(9-7-14)24(18,21)22;1-8(14)15-7-9-10(11(9,12)13)5-3-2-4-6-10;1-9(11)12-8-7-10-5-3-2-4-6-10;1-11-9(10)7-8-5-3-2-4-6-8;9-8(10)5(6(13)14)7(8)1-3-12(4-2-7)17(11,15)16;1-8(2,3)4(5,6)7;;;;;;;;;;;;;;;;/h1,3-4,7-8,13H,2,5-6,9-11H2;1-5,12H,6-10H2,(H2,18,21,22);9H,2-7H2,1H3;7H,2-6,8H2,1H3;7H,2-6H2,1H3;5H,1-4H2,(H,13,14)(H2,11,15,16);1-3H3;2*1H4;6*1H3;1H;;;;;;;/q;;;;;;;;;6*-1;;+1;;;;;;/p-1. The molecule has 10 aliphatic rings. The van der Waals surface area contributed by atoms with Crippen LogP contribution in [0, 0.1) is 89.9 Å². The maximum Gasteiger partial charge on any atom is 1.00 e. The van der Waals surface area contributed by atoms with E-state index in [1.807, 2.05) is 30.3 Å². The third-order valence-corrected chi connectivity index (χ3v) is 26.1. The molecule has 2 aromatic carbocycles. The molecule has 12 rings (SSSR count). The van der Waals surface area contributed by atoms with Gasteiger partial charge in [0, 0.05) is 248 Å². The number of carboxylic acid groups (broad SMARTS) is 1. The van der Waals surface area contributed by atoms with Crippen molar-refractivity contribution in [2.75, 3.05) is 46.5 Å². The van der Waals surface area contributed by atoms with Gasteiger partial charge in [0.25, 0.3) is 44.1 Å². The second-order valence-electron chi connectivity index (χ2n) is 30.2. The summed E-state index contributed by atoms with van der Waals surface area (Å²) in [4.78, 5) is 66.6. The first-order valence-corrected chi connectivity index (χ1v) is 42.8. The molecule has 2 aromatic rings. The van der Waals surface area contributed by atoms with Crippen molar-refractivity contribution >= 4 is 64.3 Å². The van der Waals surface area contributed by atoms with Gasteiger partial charge in [-0.1, -0.05) is 158 Å². The van der Waals surface area contributed by atoms with Crippen LogP contribution >= 0.6 is 0 Å². The Hall–Kier alpha value is 2.28. The SMILES string of the molecule is C.C.CC(=O)OCC1C(F)(F)C12CCCCC2.CC(=O)OCC=C1CCCCC1.COC(=O)C=C1CCCCC1.C[Si](C)(C)C(F)(F)F.NS(=O)(=O)N1CCC2(CC1)C(C(=O)O)C2(F)F.NS(=O)(=O)N1CCC2(CC1)C(C(=O)OCc1ccccc1)C2(F)F.O=C(OCc1ccccc1)C1C(F)(F)C12CCCCC2.[CH3-].[CH3-].[CH3-].[CH3-].[CH3-].[CH3-].[I-].[Na+].[Y].[Y].[Y].[Y].[Y].[Y]. The van der Waals surface area contributed by atoms with E-state index in [4.69, 9.17) is 34.3 Å². The Kier molecular flexibility index (Phi) is 77.6. The third-order valence-electron chi connectivity index (χ3n) is 22.3. The number of esters is 5. The largest absolute Gasteiger partial charge is 1.00 e. The van der Waals surface area contributed by atoms with E-state index in [0.29, 0.717) is 37.9 Å². The minimum atomic E-state index is -3.92. The summed E-state index contributed by atoms with van der Waals surface area (Å²) in [6, 6.07) is 17.9. The Morgan fingerprint density at radius 2 is 0.772 bits per heavy atom. The number of methoxy groups -OCH3 is 1. The Balaban J connectivity index is -0.000000132. The fraction of sp³-hybridized carbons (Fsp3) is 0.654. The van der Waals surface area contributed by atoms with Crippen LogP contribution in [0.1, 0.15) is 194 Å². The molecule has 0 bridgehead atoms. The Labute approximate surface area is 919 Å². The normalized spacial score (nSPS) is 21.6. The molecule has 42 heteroatoms. The Morgan fingerprint density at radius 1 is 0.480 bits per heavy atom. The first kappa shape index (κ1) is 148. The van der Waals surface area contributed by atoms with Crippen LogP contribution in [-0.2, 0) is 282 Å². The average Bonchev–Trinajstić information content (AvgIpc) is 1.52. The summed E-state index contributed by atoms with van der Waals surface area (Å²) in [6.45, 7) is 6.38. The molecule has 10 fully saturated rings. The van der Waals surface area contributed by atoms with Gasteiger partial charge in [0.2, 0.25) is 0 Å². The van der Waals surface area contributed by atoms with E-state index < -0.39 is 127 Å². The number of piperidine rings is 2. The third kappa shape index (κ3) is 40.5. The van der Waals surface area contributed by atoms with Gasteiger partial charge in [-0.05, 0) is 120 Å². The Morgan fingerprint density at radius 3 is 1.07 bits per heavy atom. The monoisotopic (exact) mass is 2400 g/mol. The summed E-state index contributed by atoms with van der Waals surface area (Å²) in [7, 11) is -9.22. The van der Waals surface area contributed by atoms with Gasteiger partial charge in [-0.2, -0.15) is 38.6 Å². The van der Waals surface area contributed by atoms with Gasteiger partial charge in [-0.25, -0.2) is 50.2 Å². The molecular formula is C81H129F11IN4NaO16S2SiY6-6. The molecule has 4 spiro atoms. The van der Waals surface area contributed by atoms with Gasteiger partial charge in [0.05, 0.1) is 29.3 Å². The summed E-state index contributed by atoms with van der Waals surface area (Å²) >= 11 is 0. The van der Waals surface area contributed by atoms with Crippen LogP contribution in [0.2, 0.25) is 19.6 Å². The minimum absolute atomic E-state index is 0. The molecule has 5 N–H and O–H groups in total. The van der Waals surface area contributed by atoms with Crippen LogP contribution in [0.4, 0.5) is 48.3 Å². The zero-order valence-electron chi connectivity index (χ0n) is 72.3.